The highest BCUT2D eigenvalue weighted by Crippen LogP contribution is 2.33. The van der Waals surface area contributed by atoms with Crippen LogP contribution in [0.2, 0.25) is 0 Å². The van der Waals surface area contributed by atoms with Crippen molar-refractivity contribution in [1.29, 1.82) is 0 Å². The Kier molecular flexibility index (Phi) is 4.56. The molecule has 0 amide bonds. The summed E-state index contributed by atoms with van der Waals surface area (Å²) in [7, 11) is 0. The minimum absolute atomic E-state index is 0.247. The highest BCUT2D eigenvalue weighted by Gasteiger charge is 2.30. The molecular formula is C15H19F3N2S. The van der Waals surface area contributed by atoms with Gasteiger partial charge in [-0.15, -0.1) is 0 Å². The highest BCUT2D eigenvalue weighted by molar-refractivity contribution is 8.15. The van der Waals surface area contributed by atoms with E-state index >= 15 is 0 Å². The van der Waals surface area contributed by atoms with Crippen molar-refractivity contribution in [2.75, 3.05) is 11.9 Å². The van der Waals surface area contributed by atoms with Gasteiger partial charge in [-0.25, -0.2) is 0 Å². The molecule has 1 atom stereocenters. The average Bonchev–Trinajstić information content (AvgIpc) is 2.73. The van der Waals surface area contributed by atoms with Crippen molar-refractivity contribution in [1.82, 2.24) is 0 Å². The Morgan fingerprint density at radius 2 is 1.81 bits per heavy atom. The third kappa shape index (κ3) is 4.95. The van der Waals surface area contributed by atoms with Gasteiger partial charge in [-0.05, 0) is 36.1 Å². The van der Waals surface area contributed by atoms with E-state index in [-0.39, 0.29) is 5.41 Å². The van der Waals surface area contributed by atoms with Crippen molar-refractivity contribution in [2.45, 2.75) is 38.6 Å². The number of rotatable bonds is 2. The smallest absolute Gasteiger partial charge is 0.335 e. The van der Waals surface area contributed by atoms with Crippen molar-refractivity contribution in [3.8, 4) is 0 Å². The van der Waals surface area contributed by atoms with Crippen LogP contribution in [0.4, 0.5) is 18.9 Å². The van der Waals surface area contributed by atoms with E-state index < -0.39 is 11.7 Å². The molecule has 1 N–H and O–H groups in total. The summed E-state index contributed by atoms with van der Waals surface area (Å²) in [6.07, 6.45) is -3.24. The number of thioether (sulfide) groups is 1. The highest BCUT2D eigenvalue weighted by atomic mass is 32.2. The third-order valence-corrected chi connectivity index (χ3v) is 4.12. The Bertz CT molecular complexity index is 515. The van der Waals surface area contributed by atoms with Crippen LogP contribution >= 0.6 is 11.8 Å². The number of benzene rings is 1. The van der Waals surface area contributed by atoms with E-state index in [0.29, 0.717) is 10.9 Å². The molecule has 2 nitrogen and oxygen atoms in total. The largest absolute Gasteiger partial charge is 0.416 e. The van der Waals surface area contributed by atoms with Crippen LogP contribution < -0.4 is 5.32 Å². The van der Waals surface area contributed by atoms with Crippen LogP contribution in [0.3, 0.4) is 0 Å². The quantitative estimate of drug-likeness (QED) is 0.828. The summed E-state index contributed by atoms with van der Waals surface area (Å²) in [6.45, 7) is 7.32. The van der Waals surface area contributed by atoms with Crippen molar-refractivity contribution >= 4 is 22.6 Å². The lowest BCUT2D eigenvalue weighted by Crippen LogP contribution is -2.16. The van der Waals surface area contributed by atoms with Gasteiger partial charge in [0.05, 0.1) is 12.1 Å². The van der Waals surface area contributed by atoms with Crippen LogP contribution in [0, 0.1) is 5.41 Å². The van der Waals surface area contributed by atoms with Crippen LogP contribution in [-0.4, -0.2) is 17.0 Å². The lowest BCUT2D eigenvalue weighted by Gasteiger charge is -2.21. The van der Waals surface area contributed by atoms with Crippen LogP contribution in [0.25, 0.3) is 0 Å². The van der Waals surface area contributed by atoms with Crippen LogP contribution in [0.15, 0.2) is 29.3 Å². The minimum Gasteiger partial charge on any atom is -0.335 e. The molecule has 1 aliphatic rings. The summed E-state index contributed by atoms with van der Waals surface area (Å²) in [5, 5.41) is 4.29. The normalized spacial score (nSPS) is 19.5. The maximum atomic E-state index is 12.5. The van der Waals surface area contributed by atoms with Crippen molar-refractivity contribution < 1.29 is 13.2 Å². The van der Waals surface area contributed by atoms with Crippen LogP contribution in [-0.2, 0) is 6.18 Å². The van der Waals surface area contributed by atoms with Gasteiger partial charge in [0, 0.05) is 10.9 Å². The van der Waals surface area contributed by atoms with Crippen LogP contribution in [0.5, 0.6) is 0 Å². The molecule has 0 radical (unpaired) electrons. The molecule has 0 aliphatic carbocycles. The van der Waals surface area contributed by atoms with Crippen molar-refractivity contribution in [3.63, 3.8) is 0 Å². The fourth-order valence-corrected chi connectivity index (χ4v) is 3.52. The third-order valence-electron chi connectivity index (χ3n) is 3.02. The molecule has 0 saturated carbocycles. The molecule has 1 aromatic rings. The van der Waals surface area contributed by atoms with E-state index in [1.807, 2.05) is 0 Å². The summed E-state index contributed by atoms with van der Waals surface area (Å²) >= 11 is 1.66. The number of amidine groups is 1. The van der Waals surface area contributed by atoms with E-state index in [2.05, 4.69) is 31.1 Å². The first-order valence-electron chi connectivity index (χ1n) is 6.79. The first-order valence-corrected chi connectivity index (χ1v) is 7.67. The molecule has 1 unspecified atom stereocenters. The van der Waals surface area contributed by atoms with Gasteiger partial charge in [0.1, 0.15) is 0 Å². The van der Waals surface area contributed by atoms with Gasteiger partial charge < -0.3 is 5.32 Å². The van der Waals surface area contributed by atoms with Crippen LogP contribution in [0.1, 0.15) is 32.8 Å². The van der Waals surface area contributed by atoms with Crippen molar-refractivity contribution in [3.05, 3.63) is 29.8 Å². The molecule has 0 saturated heterocycles. The minimum atomic E-state index is -4.30. The zero-order valence-corrected chi connectivity index (χ0v) is 13.1. The number of anilines is 1. The Labute approximate surface area is 127 Å². The van der Waals surface area contributed by atoms with Gasteiger partial charge in [0.2, 0.25) is 0 Å². The molecule has 0 fully saturated rings. The molecule has 0 aromatic heterocycles. The molecule has 0 spiro atoms. The zero-order chi connectivity index (χ0) is 15.7. The Morgan fingerprint density at radius 1 is 1.19 bits per heavy atom. The average molecular weight is 316 g/mol. The summed E-state index contributed by atoms with van der Waals surface area (Å²) in [5.41, 5.74) is 0.238. The molecule has 0 bridgehead atoms. The zero-order valence-electron chi connectivity index (χ0n) is 12.3. The Hall–Kier alpha value is -1.17. The number of hydrogen-bond acceptors (Lipinski definition) is 3. The summed E-state index contributed by atoms with van der Waals surface area (Å²) < 4.78 is 37.5. The van der Waals surface area contributed by atoms with E-state index in [4.69, 9.17) is 0 Å². The molecule has 1 aliphatic heterocycles. The molecular weight excluding hydrogens is 297 g/mol. The molecule has 116 valence electrons. The maximum Gasteiger partial charge on any atom is 0.416 e. The van der Waals surface area contributed by atoms with Gasteiger partial charge in [0.15, 0.2) is 5.17 Å². The van der Waals surface area contributed by atoms with E-state index in [0.717, 1.165) is 30.3 Å². The lowest BCUT2D eigenvalue weighted by atomic mass is 9.90. The molecule has 21 heavy (non-hydrogen) atoms. The number of nitrogens with zero attached hydrogens (tertiary/aromatic N) is 1. The fraction of sp³-hybridized carbons (Fsp3) is 0.533. The number of halogens is 3. The van der Waals surface area contributed by atoms with Gasteiger partial charge in [0.25, 0.3) is 0 Å². The lowest BCUT2D eigenvalue weighted by molar-refractivity contribution is -0.137. The maximum absolute atomic E-state index is 12.5. The summed E-state index contributed by atoms with van der Waals surface area (Å²) in [4.78, 5) is 4.41. The molecule has 2 rings (SSSR count). The second-order valence-corrected chi connectivity index (χ2v) is 7.64. The number of aliphatic imine (C=N–C) groups is 1. The monoisotopic (exact) mass is 316 g/mol. The number of hydrogen-bond donors (Lipinski definition) is 1. The summed E-state index contributed by atoms with van der Waals surface area (Å²) in [6, 6.07) is 5.02. The van der Waals surface area contributed by atoms with Gasteiger partial charge in [-0.3, -0.25) is 4.99 Å². The van der Waals surface area contributed by atoms with E-state index in [1.165, 1.54) is 12.1 Å². The number of alkyl halides is 3. The predicted octanol–water partition coefficient (Wildman–Crippen LogP) is 5.02. The van der Waals surface area contributed by atoms with Crippen molar-refractivity contribution in [2.24, 2.45) is 10.4 Å². The first kappa shape index (κ1) is 16.2. The molecule has 1 aromatic carbocycles. The van der Waals surface area contributed by atoms with Gasteiger partial charge in [-0.1, -0.05) is 32.5 Å². The molecule has 6 heteroatoms. The second kappa shape index (κ2) is 5.91. The molecule has 1 heterocycles. The fourth-order valence-electron chi connectivity index (χ4n) is 2.14. The van der Waals surface area contributed by atoms with E-state index in [1.54, 1.807) is 11.8 Å². The standard InChI is InChI=1S/C15H19F3N2S/c1-14(2,3)8-12-9-19-13(21-12)20-11-6-4-10(5-7-11)15(16,17)18/h4-7,12H,8-9H2,1-3H3,(H,19,20). The van der Waals surface area contributed by atoms with E-state index in [9.17, 15) is 13.2 Å². The SMILES string of the molecule is CC(C)(C)CC1CN=C(Nc2ccc(C(F)(F)F)cc2)S1. The number of nitrogens with one attached hydrogen (secondary N) is 1. The first-order chi connectivity index (χ1) is 9.63. The second-order valence-electron chi connectivity index (χ2n) is 6.35. The van der Waals surface area contributed by atoms with Gasteiger partial charge >= 0.3 is 6.18 Å². The van der Waals surface area contributed by atoms with Gasteiger partial charge in [-0.2, -0.15) is 13.2 Å². The topological polar surface area (TPSA) is 24.4 Å². The Balaban J connectivity index is 1.92. The Morgan fingerprint density at radius 3 is 2.33 bits per heavy atom. The summed E-state index contributed by atoms with van der Waals surface area (Å²) in [5.74, 6) is 0. The predicted molar refractivity (Wildman–Crippen MR) is 82.8 cm³/mol.